The molecule has 29 heavy (non-hydrogen) atoms. The smallest absolute Gasteiger partial charge is 0.337 e. The number of ether oxygens (including phenoxy) is 2. The maximum Gasteiger partial charge on any atom is 0.337 e. The van der Waals surface area contributed by atoms with Crippen LogP contribution in [-0.2, 0) is 27.3 Å². The largest absolute Gasteiger partial charge is 0.424 e. The Bertz CT molecular complexity index is 1280. The Morgan fingerprint density at radius 2 is 1.79 bits per heavy atom. The lowest BCUT2D eigenvalue weighted by Crippen LogP contribution is -2.17. The molecule has 0 spiro atoms. The van der Waals surface area contributed by atoms with Crippen molar-refractivity contribution in [1.29, 1.82) is 0 Å². The first-order chi connectivity index (χ1) is 14.3. The van der Waals surface area contributed by atoms with Gasteiger partial charge in [0.15, 0.2) is 0 Å². The quantitative estimate of drug-likeness (QED) is 0.634. The second kappa shape index (κ2) is 7.53. The number of carbonyl (C=O) groups is 1. The van der Waals surface area contributed by atoms with E-state index >= 15 is 0 Å². The molecule has 0 radical (unpaired) electrons. The van der Waals surface area contributed by atoms with Gasteiger partial charge < -0.3 is 9.47 Å². The van der Waals surface area contributed by atoms with E-state index in [1.165, 1.54) is 21.6 Å². The Morgan fingerprint density at radius 1 is 0.931 bits per heavy atom. The fourth-order valence-corrected chi connectivity index (χ4v) is 3.96. The highest BCUT2D eigenvalue weighted by atomic mass is 16.6. The van der Waals surface area contributed by atoms with E-state index in [1.807, 2.05) is 48.6 Å². The van der Waals surface area contributed by atoms with E-state index in [0.717, 1.165) is 22.8 Å². The van der Waals surface area contributed by atoms with E-state index in [1.54, 1.807) is 0 Å². The van der Waals surface area contributed by atoms with Gasteiger partial charge >= 0.3 is 5.97 Å². The summed E-state index contributed by atoms with van der Waals surface area (Å²) in [5.74, 6) is 0.193. The summed E-state index contributed by atoms with van der Waals surface area (Å²) >= 11 is 0. The predicted molar refractivity (Wildman–Crippen MR) is 115 cm³/mol. The van der Waals surface area contributed by atoms with Gasteiger partial charge in [0.25, 0.3) is 0 Å². The van der Waals surface area contributed by atoms with Crippen LogP contribution in [0.25, 0.3) is 28.7 Å². The molecule has 0 amide bonds. The molecule has 0 unspecified atom stereocenters. The van der Waals surface area contributed by atoms with Crippen molar-refractivity contribution in [2.24, 2.45) is 0 Å². The van der Waals surface area contributed by atoms with Crippen molar-refractivity contribution < 1.29 is 14.3 Å². The van der Waals surface area contributed by atoms with Crippen molar-refractivity contribution >= 4 is 34.7 Å². The first kappa shape index (κ1) is 17.7. The van der Waals surface area contributed by atoms with Gasteiger partial charge in [0, 0.05) is 5.22 Å². The first-order valence-corrected chi connectivity index (χ1v) is 9.76. The van der Waals surface area contributed by atoms with Crippen LogP contribution in [0.2, 0.25) is 0 Å². The van der Waals surface area contributed by atoms with E-state index in [4.69, 9.17) is 9.47 Å². The molecule has 142 valence electrons. The molecule has 3 heteroatoms. The van der Waals surface area contributed by atoms with E-state index in [9.17, 15) is 4.79 Å². The molecule has 0 N–H and O–H groups in total. The average Bonchev–Trinajstić information content (AvgIpc) is 3.17. The number of allylic oxidation sites excluding steroid dienone is 2. The summed E-state index contributed by atoms with van der Waals surface area (Å²) in [5.41, 5.74) is 3.48. The van der Waals surface area contributed by atoms with Gasteiger partial charge in [-0.05, 0) is 57.3 Å². The molecule has 2 aliphatic carbocycles. The van der Waals surface area contributed by atoms with E-state index in [0.29, 0.717) is 12.4 Å². The molecule has 3 aromatic carbocycles. The fourth-order valence-electron chi connectivity index (χ4n) is 3.96. The summed E-state index contributed by atoms with van der Waals surface area (Å²) in [6, 6.07) is 18.3. The van der Waals surface area contributed by atoms with Gasteiger partial charge in [-0.2, -0.15) is 0 Å². The Labute approximate surface area is 168 Å². The lowest BCUT2D eigenvalue weighted by molar-refractivity contribution is -0.142. The average molecular weight is 380 g/mol. The molecule has 2 aliphatic rings. The van der Waals surface area contributed by atoms with Crippen molar-refractivity contribution in [3.8, 4) is 0 Å². The zero-order valence-corrected chi connectivity index (χ0v) is 15.9. The summed E-state index contributed by atoms with van der Waals surface area (Å²) in [6.07, 6.45) is 11.3. The van der Waals surface area contributed by atoms with Gasteiger partial charge in [0.1, 0.15) is 12.4 Å². The van der Waals surface area contributed by atoms with Gasteiger partial charge in [-0.15, -0.1) is 0 Å². The van der Waals surface area contributed by atoms with Crippen molar-refractivity contribution in [3.63, 3.8) is 0 Å². The summed E-state index contributed by atoms with van der Waals surface area (Å²) < 4.78 is 11.1. The summed E-state index contributed by atoms with van der Waals surface area (Å²) in [7, 11) is 0. The van der Waals surface area contributed by atoms with Gasteiger partial charge in [-0.3, -0.25) is 0 Å². The molecule has 5 rings (SSSR count). The number of esters is 1. The van der Waals surface area contributed by atoms with Crippen molar-refractivity contribution in [2.45, 2.75) is 13.0 Å². The molecular formula is C26H20O3. The highest BCUT2D eigenvalue weighted by Gasteiger charge is 2.15. The maximum absolute atomic E-state index is 12.2. The zero-order valence-electron chi connectivity index (χ0n) is 15.9. The Hall–Kier alpha value is -3.43. The van der Waals surface area contributed by atoms with E-state index in [2.05, 4.69) is 36.4 Å². The third-order valence-electron chi connectivity index (χ3n) is 5.35. The van der Waals surface area contributed by atoms with Gasteiger partial charge in [-0.1, -0.05) is 66.8 Å². The van der Waals surface area contributed by atoms with E-state index in [-0.39, 0.29) is 6.61 Å². The third-order valence-corrected chi connectivity index (χ3v) is 5.35. The second-order valence-corrected chi connectivity index (χ2v) is 7.20. The van der Waals surface area contributed by atoms with Crippen molar-refractivity contribution in [1.82, 2.24) is 0 Å². The first-order valence-electron chi connectivity index (χ1n) is 9.76. The molecular weight excluding hydrogens is 360 g/mol. The summed E-state index contributed by atoms with van der Waals surface area (Å²) in [6.45, 7) is 0.309. The van der Waals surface area contributed by atoms with Crippen LogP contribution in [0, 0.1) is 0 Å². The molecule has 0 saturated carbocycles. The van der Waals surface area contributed by atoms with Crippen LogP contribution < -0.4 is 10.4 Å². The van der Waals surface area contributed by atoms with Crippen LogP contribution in [0.3, 0.4) is 0 Å². The fraction of sp³-hybridized carbons (Fsp3) is 0.115. The maximum atomic E-state index is 12.2. The minimum Gasteiger partial charge on any atom is -0.424 e. The molecule has 3 aromatic rings. The summed E-state index contributed by atoms with van der Waals surface area (Å²) in [5, 5.41) is 4.66. The zero-order chi connectivity index (χ0) is 19.6. The molecule has 0 aliphatic heterocycles. The highest BCUT2D eigenvalue weighted by Crippen LogP contribution is 2.24. The Morgan fingerprint density at radius 3 is 2.69 bits per heavy atom. The van der Waals surface area contributed by atoms with Crippen LogP contribution in [0.1, 0.15) is 16.7 Å². The van der Waals surface area contributed by atoms with Gasteiger partial charge in [-0.25, -0.2) is 4.79 Å². The van der Waals surface area contributed by atoms with Crippen LogP contribution in [0.5, 0.6) is 0 Å². The number of hydrogen-bond acceptors (Lipinski definition) is 3. The van der Waals surface area contributed by atoms with Gasteiger partial charge in [0.05, 0.1) is 6.61 Å². The van der Waals surface area contributed by atoms with Crippen molar-refractivity contribution in [3.05, 3.63) is 100.0 Å². The minimum absolute atomic E-state index is 0.0785. The molecule has 0 bridgehead atoms. The van der Waals surface area contributed by atoms with E-state index < -0.39 is 5.97 Å². The van der Waals surface area contributed by atoms with Crippen LogP contribution in [-0.4, -0.2) is 12.6 Å². The lowest BCUT2D eigenvalue weighted by Gasteiger charge is -2.11. The third kappa shape index (κ3) is 3.41. The van der Waals surface area contributed by atoms with Crippen molar-refractivity contribution in [2.75, 3.05) is 6.61 Å². The summed E-state index contributed by atoms with van der Waals surface area (Å²) in [4.78, 5) is 12.2. The SMILES string of the molecule is O=C(COCc1ccccc1)OC1=c2ccc3c4c(ccc3c2C=C1)=CC=CC4. The Balaban J connectivity index is 1.37. The molecule has 3 nitrogen and oxygen atoms in total. The predicted octanol–water partition coefficient (Wildman–Crippen LogP) is 3.63. The normalized spacial score (nSPS) is 13.9. The molecule has 0 fully saturated rings. The van der Waals surface area contributed by atoms with Gasteiger partial charge in [0.2, 0.25) is 0 Å². The second-order valence-electron chi connectivity index (χ2n) is 7.20. The monoisotopic (exact) mass is 380 g/mol. The van der Waals surface area contributed by atoms with Crippen LogP contribution in [0.4, 0.5) is 0 Å². The molecule has 0 heterocycles. The minimum atomic E-state index is -0.390. The molecule has 0 atom stereocenters. The topological polar surface area (TPSA) is 35.5 Å². The number of hydrogen-bond donors (Lipinski definition) is 0. The standard InChI is InChI=1S/C26H20O3/c27-26(17-28-16-18-6-2-1-3-7-18)29-25-15-14-23-22-11-10-19-8-4-5-9-20(19)21(22)12-13-24(23)25/h1-8,10-15H,9,16-17H2. The van der Waals surface area contributed by atoms with Crippen LogP contribution in [0.15, 0.2) is 72.8 Å². The number of fused-ring (bicyclic) bond motifs is 5. The lowest BCUT2D eigenvalue weighted by atomic mass is 9.94. The molecule has 0 saturated heterocycles. The number of benzene rings is 3. The number of carbonyl (C=O) groups excluding carboxylic acids is 1. The van der Waals surface area contributed by atoms with Crippen LogP contribution >= 0.6 is 0 Å². The number of rotatable bonds is 5. The highest BCUT2D eigenvalue weighted by molar-refractivity contribution is 5.97. The molecule has 0 aromatic heterocycles. The Kier molecular flexibility index (Phi) is 4.59.